The van der Waals surface area contributed by atoms with Crippen molar-refractivity contribution in [1.82, 2.24) is 0 Å². The van der Waals surface area contributed by atoms with E-state index in [1.54, 1.807) is 0 Å². The van der Waals surface area contributed by atoms with Gasteiger partial charge in [0.15, 0.2) is 0 Å². The van der Waals surface area contributed by atoms with Gasteiger partial charge in [-0.25, -0.2) is 0 Å². The molecule has 0 aromatic rings. The van der Waals surface area contributed by atoms with Crippen LogP contribution in [0.5, 0.6) is 0 Å². The summed E-state index contributed by atoms with van der Waals surface area (Å²) in [5.41, 5.74) is 0. The fraction of sp³-hybridized carbons (Fsp3) is 0.917. The molecule has 1 radical (unpaired) electrons. The zero-order chi connectivity index (χ0) is 9.40. The van der Waals surface area contributed by atoms with Crippen molar-refractivity contribution in [2.75, 3.05) is 0 Å². The molecule has 12 heavy (non-hydrogen) atoms. The van der Waals surface area contributed by atoms with Gasteiger partial charge in [-0.1, -0.05) is 59.8 Å². The Kier molecular flexibility index (Phi) is 7.64. The highest BCUT2D eigenvalue weighted by Crippen LogP contribution is 2.19. The number of unbranched alkanes of at least 4 members (excludes halogenated alkanes) is 2. The molecule has 73 valence electrons. The largest absolute Gasteiger partial charge is 0.0654 e. The highest BCUT2D eigenvalue weighted by molar-refractivity contribution is 4.60. The third kappa shape index (κ3) is 6.69. The molecule has 0 aliphatic heterocycles. The van der Waals surface area contributed by atoms with Gasteiger partial charge in [-0.3, -0.25) is 0 Å². The summed E-state index contributed by atoms with van der Waals surface area (Å²) in [5.74, 6) is 1.73. The van der Waals surface area contributed by atoms with E-state index in [9.17, 15) is 0 Å². The van der Waals surface area contributed by atoms with Crippen molar-refractivity contribution >= 4 is 0 Å². The van der Waals surface area contributed by atoms with E-state index in [1.165, 1.54) is 32.1 Å². The van der Waals surface area contributed by atoms with Crippen molar-refractivity contribution in [3.63, 3.8) is 0 Å². The van der Waals surface area contributed by atoms with E-state index < -0.39 is 0 Å². The Morgan fingerprint density at radius 3 is 2.25 bits per heavy atom. The summed E-state index contributed by atoms with van der Waals surface area (Å²) in [7, 11) is 0. The normalized spacial score (nSPS) is 16.0. The Labute approximate surface area is 78.8 Å². The molecular formula is C12H25. The van der Waals surface area contributed by atoms with Gasteiger partial charge in [0.1, 0.15) is 0 Å². The van der Waals surface area contributed by atoms with Crippen LogP contribution in [0.3, 0.4) is 0 Å². The van der Waals surface area contributed by atoms with Crippen molar-refractivity contribution in [3.8, 4) is 0 Å². The fourth-order valence-electron chi connectivity index (χ4n) is 1.67. The minimum absolute atomic E-state index is 0.821. The van der Waals surface area contributed by atoms with Crippen LogP contribution < -0.4 is 0 Å². The average Bonchev–Trinajstić information content (AvgIpc) is 2.05. The molecule has 0 bridgehead atoms. The molecule has 0 aliphatic rings. The van der Waals surface area contributed by atoms with Gasteiger partial charge in [0.25, 0.3) is 0 Å². The smallest absolute Gasteiger partial charge is 0.0440 e. The molecule has 0 heterocycles. The summed E-state index contributed by atoms with van der Waals surface area (Å²) in [6, 6.07) is 0. The Bertz CT molecular complexity index is 86.0. The van der Waals surface area contributed by atoms with Crippen LogP contribution in [0.25, 0.3) is 0 Å². The average molecular weight is 169 g/mol. The first-order valence-electron chi connectivity index (χ1n) is 5.49. The van der Waals surface area contributed by atoms with Crippen molar-refractivity contribution in [1.29, 1.82) is 0 Å². The summed E-state index contributed by atoms with van der Waals surface area (Å²) in [5, 5.41) is 0. The molecule has 2 unspecified atom stereocenters. The zero-order valence-electron chi connectivity index (χ0n) is 9.10. The van der Waals surface area contributed by atoms with Gasteiger partial charge in [-0.2, -0.15) is 0 Å². The first kappa shape index (κ1) is 12.0. The molecule has 0 fully saturated rings. The molecule has 0 aromatic carbocycles. The minimum atomic E-state index is 0.821. The van der Waals surface area contributed by atoms with Gasteiger partial charge >= 0.3 is 0 Å². The Hall–Kier alpha value is 0. The van der Waals surface area contributed by atoms with Gasteiger partial charge < -0.3 is 0 Å². The second-order valence-electron chi connectivity index (χ2n) is 4.23. The summed E-state index contributed by atoms with van der Waals surface area (Å²) in [4.78, 5) is 0. The second kappa shape index (κ2) is 7.64. The van der Waals surface area contributed by atoms with Gasteiger partial charge in [-0.15, -0.1) is 0 Å². The maximum Gasteiger partial charge on any atom is -0.0440 e. The highest BCUT2D eigenvalue weighted by atomic mass is 14.1. The van der Waals surface area contributed by atoms with Crippen LogP contribution in [0.4, 0.5) is 0 Å². The molecule has 0 amide bonds. The Morgan fingerprint density at radius 1 is 1.08 bits per heavy atom. The summed E-state index contributed by atoms with van der Waals surface area (Å²) < 4.78 is 0. The fourth-order valence-corrected chi connectivity index (χ4v) is 1.67. The molecular weight excluding hydrogens is 144 g/mol. The first-order chi connectivity index (χ1) is 5.70. The van der Waals surface area contributed by atoms with Gasteiger partial charge in [-0.05, 0) is 18.3 Å². The van der Waals surface area contributed by atoms with E-state index in [4.69, 9.17) is 0 Å². The lowest BCUT2D eigenvalue weighted by Gasteiger charge is -2.15. The second-order valence-corrected chi connectivity index (χ2v) is 4.23. The van der Waals surface area contributed by atoms with E-state index in [-0.39, 0.29) is 0 Å². The van der Waals surface area contributed by atoms with Crippen LogP contribution in [0.15, 0.2) is 0 Å². The van der Waals surface area contributed by atoms with E-state index in [2.05, 4.69) is 27.7 Å². The summed E-state index contributed by atoms with van der Waals surface area (Å²) in [6.45, 7) is 10.9. The third-order valence-corrected chi connectivity index (χ3v) is 2.60. The predicted molar refractivity (Wildman–Crippen MR) is 57.1 cm³/mol. The molecule has 0 nitrogen and oxygen atoms in total. The minimum Gasteiger partial charge on any atom is -0.0654 e. The number of rotatable bonds is 7. The highest BCUT2D eigenvalue weighted by Gasteiger charge is 2.06. The SMILES string of the molecule is [CH2]CC(C)CC(C)CCCCC. The maximum atomic E-state index is 3.94. The Balaban J connectivity index is 3.26. The van der Waals surface area contributed by atoms with Gasteiger partial charge in [0.2, 0.25) is 0 Å². The van der Waals surface area contributed by atoms with Crippen LogP contribution in [0.1, 0.15) is 59.3 Å². The lowest BCUT2D eigenvalue weighted by Crippen LogP contribution is -2.02. The van der Waals surface area contributed by atoms with Crippen LogP contribution >= 0.6 is 0 Å². The molecule has 0 heteroatoms. The monoisotopic (exact) mass is 169 g/mol. The van der Waals surface area contributed by atoms with Gasteiger partial charge in [0, 0.05) is 0 Å². The van der Waals surface area contributed by atoms with Crippen molar-refractivity contribution < 1.29 is 0 Å². The van der Waals surface area contributed by atoms with Crippen molar-refractivity contribution in [2.45, 2.75) is 59.3 Å². The number of hydrogen-bond donors (Lipinski definition) is 0. The zero-order valence-corrected chi connectivity index (χ0v) is 9.10. The standard InChI is InChI=1S/C12H25/c1-5-7-8-9-12(4)10-11(3)6-2/h11-12H,2,5-10H2,1,3-4H3. The van der Waals surface area contributed by atoms with Crippen LogP contribution in [0, 0.1) is 18.8 Å². The molecule has 0 saturated heterocycles. The molecule has 0 spiro atoms. The van der Waals surface area contributed by atoms with Crippen LogP contribution in [-0.2, 0) is 0 Å². The van der Waals surface area contributed by atoms with E-state index >= 15 is 0 Å². The summed E-state index contributed by atoms with van der Waals surface area (Å²) in [6.07, 6.45) is 8.05. The van der Waals surface area contributed by atoms with Crippen molar-refractivity contribution in [3.05, 3.63) is 6.92 Å². The lowest BCUT2D eigenvalue weighted by atomic mass is 9.91. The lowest BCUT2D eigenvalue weighted by molar-refractivity contribution is 0.384. The van der Waals surface area contributed by atoms with E-state index in [0.29, 0.717) is 0 Å². The molecule has 0 rings (SSSR count). The molecule has 0 aliphatic carbocycles. The summed E-state index contributed by atoms with van der Waals surface area (Å²) >= 11 is 0. The Morgan fingerprint density at radius 2 is 1.75 bits per heavy atom. The molecule has 2 atom stereocenters. The third-order valence-electron chi connectivity index (χ3n) is 2.60. The predicted octanol–water partition coefficient (Wildman–Crippen LogP) is 4.45. The van der Waals surface area contributed by atoms with E-state index in [1.807, 2.05) is 0 Å². The van der Waals surface area contributed by atoms with Crippen LogP contribution in [0.2, 0.25) is 0 Å². The molecule has 0 saturated carbocycles. The topological polar surface area (TPSA) is 0 Å². The molecule has 0 aromatic heterocycles. The number of hydrogen-bond acceptors (Lipinski definition) is 0. The van der Waals surface area contributed by atoms with Crippen LogP contribution in [-0.4, -0.2) is 0 Å². The maximum absolute atomic E-state index is 3.94. The quantitative estimate of drug-likeness (QED) is 0.494. The van der Waals surface area contributed by atoms with Crippen molar-refractivity contribution in [2.24, 2.45) is 11.8 Å². The molecule has 0 N–H and O–H groups in total. The van der Waals surface area contributed by atoms with E-state index in [0.717, 1.165) is 18.3 Å². The first-order valence-corrected chi connectivity index (χ1v) is 5.49. The van der Waals surface area contributed by atoms with Gasteiger partial charge in [0.05, 0.1) is 0 Å².